The molecule has 4 nitrogen and oxygen atoms in total. The molecule has 0 spiro atoms. The van der Waals surface area contributed by atoms with E-state index in [1.54, 1.807) is 0 Å². The second-order valence-corrected chi connectivity index (χ2v) is 6.44. The molecule has 1 heterocycles. The van der Waals surface area contributed by atoms with Crippen molar-refractivity contribution in [1.82, 2.24) is 0 Å². The van der Waals surface area contributed by atoms with Crippen molar-refractivity contribution in [1.29, 1.82) is 0 Å². The van der Waals surface area contributed by atoms with Gasteiger partial charge in [0.05, 0.1) is 13.2 Å². The van der Waals surface area contributed by atoms with Crippen molar-refractivity contribution in [2.45, 2.75) is 95.9 Å². The van der Waals surface area contributed by atoms with Crippen molar-refractivity contribution in [3.63, 3.8) is 0 Å². The van der Waals surface area contributed by atoms with Crippen LogP contribution in [-0.2, 0) is 14.3 Å². The predicted molar refractivity (Wildman–Crippen MR) is 92.3 cm³/mol. The number of aliphatic hydroxyl groups excluding tert-OH is 1. The summed E-state index contributed by atoms with van der Waals surface area (Å²) in [6, 6.07) is 0. The third-order valence-electron chi connectivity index (χ3n) is 4.36. The Balaban J connectivity index is 1.93. The van der Waals surface area contributed by atoms with Crippen LogP contribution in [0.25, 0.3) is 0 Å². The van der Waals surface area contributed by atoms with Gasteiger partial charge in [0, 0.05) is 6.42 Å². The zero-order chi connectivity index (χ0) is 16.9. The van der Waals surface area contributed by atoms with Crippen molar-refractivity contribution < 1.29 is 19.4 Å². The lowest BCUT2D eigenvalue weighted by Gasteiger charge is -2.02. The first-order valence-electron chi connectivity index (χ1n) is 9.26. The van der Waals surface area contributed by atoms with Crippen LogP contribution in [0.3, 0.4) is 0 Å². The minimum Gasteiger partial charge on any atom is -0.469 e. The summed E-state index contributed by atoms with van der Waals surface area (Å²) in [7, 11) is 1.43. The van der Waals surface area contributed by atoms with Crippen LogP contribution in [0.5, 0.6) is 0 Å². The first kappa shape index (κ1) is 20.2. The average Bonchev–Trinajstić information content (AvgIpc) is 3.33. The van der Waals surface area contributed by atoms with Gasteiger partial charge in [-0.1, -0.05) is 57.6 Å². The molecule has 134 valence electrons. The third-order valence-corrected chi connectivity index (χ3v) is 4.36. The summed E-state index contributed by atoms with van der Waals surface area (Å²) in [6.45, 7) is 2.19. The quantitative estimate of drug-likeness (QED) is 0.225. The smallest absolute Gasteiger partial charge is 0.305 e. The molecule has 0 amide bonds. The lowest BCUT2D eigenvalue weighted by atomic mass is 10.0. The van der Waals surface area contributed by atoms with Crippen molar-refractivity contribution in [3.05, 3.63) is 12.2 Å². The largest absolute Gasteiger partial charge is 0.469 e. The van der Waals surface area contributed by atoms with E-state index in [2.05, 4.69) is 17.7 Å². The van der Waals surface area contributed by atoms with Crippen molar-refractivity contribution >= 4 is 5.97 Å². The van der Waals surface area contributed by atoms with E-state index >= 15 is 0 Å². The average molecular weight is 326 g/mol. The SMILES string of the molecule is CCCCC/C=C/C(O)C1OC1CCCCCCCC(=O)OC. The highest BCUT2D eigenvalue weighted by Gasteiger charge is 2.42. The minimum atomic E-state index is -0.443. The van der Waals surface area contributed by atoms with E-state index in [0.29, 0.717) is 6.42 Å². The topological polar surface area (TPSA) is 59.1 Å². The van der Waals surface area contributed by atoms with Gasteiger partial charge in [0.1, 0.15) is 12.2 Å². The fraction of sp³-hybridized carbons (Fsp3) is 0.842. The lowest BCUT2D eigenvalue weighted by Crippen LogP contribution is -2.13. The monoisotopic (exact) mass is 326 g/mol. The van der Waals surface area contributed by atoms with Crippen LogP contribution >= 0.6 is 0 Å². The molecule has 1 aliphatic heterocycles. The number of rotatable bonds is 14. The summed E-state index contributed by atoms with van der Waals surface area (Å²) < 4.78 is 10.2. The molecule has 0 saturated carbocycles. The van der Waals surface area contributed by atoms with Gasteiger partial charge >= 0.3 is 5.97 Å². The van der Waals surface area contributed by atoms with Crippen LogP contribution in [-0.4, -0.2) is 36.5 Å². The Kier molecular flexibility index (Phi) is 11.0. The zero-order valence-electron chi connectivity index (χ0n) is 14.8. The molecule has 0 aliphatic carbocycles. The molecule has 0 aromatic heterocycles. The number of epoxide rings is 1. The second kappa shape index (κ2) is 12.5. The van der Waals surface area contributed by atoms with Crippen LogP contribution in [0.2, 0.25) is 0 Å². The van der Waals surface area contributed by atoms with Crippen LogP contribution in [0.1, 0.15) is 77.6 Å². The fourth-order valence-corrected chi connectivity index (χ4v) is 2.79. The van der Waals surface area contributed by atoms with Gasteiger partial charge in [-0.2, -0.15) is 0 Å². The molecule has 0 radical (unpaired) electrons. The molecule has 1 aliphatic rings. The van der Waals surface area contributed by atoms with Crippen LogP contribution in [0.4, 0.5) is 0 Å². The number of esters is 1. The Bertz CT molecular complexity index is 340. The van der Waals surface area contributed by atoms with Gasteiger partial charge in [0.25, 0.3) is 0 Å². The number of unbranched alkanes of at least 4 members (excludes halogenated alkanes) is 7. The number of aliphatic hydroxyl groups is 1. The molecule has 1 N–H and O–H groups in total. The maximum Gasteiger partial charge on any atom is 0.305 e. The van der Waals surface area contributed by atoms with Crippen LogP contribution in [0.15, 0.2) is 12.2 Å². The zero-order valence-corrected chi connectivity index (χ0v) is 14.8. The molecule has 4 heteroatoms. The molecule has 3 atom stereocenters. The van der Waals surface area contributed by atoms with E-state index < -0.39 is 6.10 Å². The first-order valence-corrected chi connectivity index (χ1v) is 9.26. The molecule has 0 aromatic carbocycles. The molecule has 3 unspecified atom stereocenters. The Morgan fingerprint density at radius 1 is 1.17 bits per heavy atom. The molecular formula is C19H34O4. The molecule has 23 heavy (non-hydrogen) atoms. The summed E-state index contributed by atoms with van der Waals surface area (Å²) in [5.74, 6) is -0.115. The van der Waals surface area contributed by atoms with E-state index in [9.17, 15) is 9.90 Å². The first-order chi connectivity index (χ1) is 11.2. The highest BCUT2D eigenvalue weighted by molar-refractivity contribution is 5.68. The third kappa shape index (κ3) is 9.77. The van der Waals surface area contributed by atoms with Gasteiger partial charge in [-0.25, -0.2) is 0 Å². The van der Waals surface area contributed by atoms with Crippen LogP contribution < -0.4 is 0 Å². The van der Waals surface area contributed by atoms with E-state index in [-0.39, 0.29) is 18.2 Å². The van der Waals surface area contributed by atoms with Gasteiger partial charge in [-0.3, -0.25) is 4.79 Å². The highest BCUT2D eigenvalue weighted by Crippen LogP contribution is 2.31. The normalized spacial score (nSPS) is 21.5. The van der Waals surface area contributed by atoms with Crippen molar-refractivity contribution in [2.24, 2.45) is 0 Å². The standard InChI is InChI=1S/C19H34O4/c1-3-4-5-7-10-13-16(20)19-17(23-19)14-11-8-6-9-12-15-18(21)22-2/h10,13,16-17,19-20H,3-9,11-12,14-15H2,1-2H3/b13-10+. The minimum absolute atomic E-state index is 0.0109. The maximum absolute atomic E-state index is 11.0. The summed E-state index contributed by atoms with van der Waals surface area (Å²) in [4.78, 5) is 11.0. The molecule has 1 rings (SSSR count). The molecule has 0 bridgehead atoms. The van der Waals surface area contributed by atoms with Gasteiger partial charge in [-0.15, -0.1) is 0 Å². The number of methoxy groups -OCH3 is 1. The number of allylic oxidation sites excluding steroid dienone is 1. The summed E-state index contributed by atoms with van der Waals surface area (Å²) in [5.41, 5.74) is 0. The molecule has 1 fully saturated rings. The van der Waals surface area contributed by atoms with Gasteiger partial charge in [0.15, 0.2) is 0 Å². The number of hydrogen-bond acceptors (Lipinski definition) is 4. The predicted octanol–water partition coefficient (Wildman–Crippen LogP) is 4.15. The summed E-state index contributed by atoms with van der Waals surface area (Å²) in [6.07, 6.45) is 15.5. The number of carbonyl (C=O) groups excluding carboxylic acids is 1. The fourth-order valence-electron chi connectivity index (χ4n) is 2.79. The van der Waals surface area contributed by atoms with E-state index in [1.807, 2.05) is 6.08 Å². The van der Waals surface area contributed by atoms with Gasteiger partial charge in [0.2, 0.25) is 0 Å². The molecular weight excluding hydrogens is 292 g/mol. The number of ether oxygens (including phenoxy) is 2. The van der Waals surface area contributed by atoms with Gasteiger partial charge < -0.3 is 14.6 Å². The van der Waals surface area contributed by atoms with E-state index in [4.69, 9.17) is 4.74 Å². The molecule has 0 aromatic rings. The van der Waals surface area contributed by atoms with Crippen LogP contribution in [0, 0.1) is 0 Å². The Morgan fingerprint density at radius 3 is 2.65 bits per heavy atom. The Hall–Kier alpha value is -0.870. The Labute approximate surface area is 141 Å². The summed E-state index contributed by atoms with van der Waals surface area (Å²) in [5, 5.41) is 10.0. The van der Waals surface area contributed by atoms with E-state index in [0.717, 1.165) is 44.9 Å². The lowest BCUT2D eigenvalue weighted by molar-refractivity contribution is -0.140. The van der Waals surface area contributed by atoms with Crippen molar-refractivity contribution in [2.75, 3.05) is 7.11 Å². The Morgan fingerprint density at radius 2 is 1.91 bits per heavy atom. The maximum atomic E-state index is 11.0. The van der Waals surface area contributed by atoms with E-state index in [1.165, 1.54) is 26.4 Å². The highest BCUT2D eigenvalue weighted by atomic mass is 16.6. The second-order valence-electron chi connectivity index (χ2n) is 6.44. The number of carbonyl (C=O) groups is 1. The summed E-state index contributed by atoms with van der Waals surface area (Å²) >= 11 is 0. The molecule has 1 saturated heterocycles. The number of hydrogen-bond donors (Lipinski definition) is 1. The van der Waals surface area contributed by atoms with Gasteiger partial charge in [-0.05, 0) is 25.7 Å². The van der Waals surface area contributed by atoms with Crippen molar-refractivity contribution in [3.8, 4) is 0 Å².